The highest BCUT2D eigenvalue weighted by atomic mass is 16.5. The molecule has 3 N–H and O–H groups in total. The number of H-pyrrole nitrogens is 1. The molecule has 0 bridgehead atoms. The summed E-state index contributed by atoms with van der Waals surface area (Å²) in [5.41, 5.74) is 0.723. The molecule has 19 heavy (non-hydrogen) atoms. The van der Waals surface area contributed by atoms with Crippen molar-refractivity contribution < 1.29 is 4.74 Å². The number of rotatable bonds is 7. The van der Waals surface area contributed by atoms with Gasteiger partial charge < -0.3 is 15.4 Å². The molecule has 1 aliphatic carbocycles. The van der Waals surface area contributed by atoms with E-state index in [4.69, 9.17) is 4.74 Å². The van der Waals surface area contributed by atoms with E-state index in [-0.39, 0.29) is 0 Å². The number of hydrogen-bond acceptors (Lipinski definition) is 6. The van der Waals surface area contributed by atoms with Gasteiger partial charge in [0, 0.05) is 20.2 Å². The predicted molar refractivity (Wildman–Crippen MR) is 73.3 cm³/mol. The first-order valence-electron chi connectivity index (χ1n) is 6.57. The SMILES string of the molecule is CNc1nc(NCCOCC2CC2)c2cn[nH]c2n1. The molecule has 0 aliphatic heterocycles. The number of ether oxygens (including phenoxy) is 1. The summed E-state index contributed by atoms with van der Waals surface area (Å²) < 4.78 is 5.58. The molecule has 0 unspecified atom stereocenters. The summed E-state index contributed by atoms with van der Waals surface area (Å²) in [6.45, 7) is 2.30. The van der Waals surface area contributed by atoms with Crippen molar-refractivity contribution in [3.8, 4) is 0 Å². The average Bonchev–Trinajstić information content (AvgIpc) is 3.13. The molecule has 0 saturated heterocycles. The van der Waals surface area contributed by atoms with E-state index in [9.17, 15) is 0 Å². The normalized spacial score (nSPS) is 14.8. The first-order valence-corrected chi connectivity index (χ1v) is 6.57. The molecule has 7 nitrogen and oxygen atoms in total. The third-order valence-corrected chi connectivity index (χ3v) is 3.12. The van der Waals surface area contributed by atoms with Gasteiger partial charge in [-0.2, -0.15) is 15.1 Å². The number of aromatic amines is 1. The Bertz CT molecular complexity index is 550. The van der Waals surface area contributed by atoms with Gasteiger partial charge in [0.25, 0.3) is 0 Å². The molecule has 0 atom stereocenters. The highest BCUT2D eigenvalue weighted by Gasteiger charge is 2.20. The van der Waals surface area contributed by atoms with Crippen LogP contribution >= 0.6 is 0 Å². The van der Waals surface area contributed by atoms with Crippen LogP contribution < -0.4 is 10.6 Å². The summed E-state index contributed by atoms with van der Waals surface area (Å²) >= 11 is 0. The van der Waals surface area contributed by atoms with E-state index in [2.05, 4.69) is 30.8 Å². The first kappa shape index (κ1) is 12.2. The quantitative estimate of drug-likeness (QED) is 0.651. The fourth-order valence-electron chi connectivity index (χ4n) is 1.86. The molecular formula is C12H18N6O. The number of hydrogen-bond donors (Lipinski definition) is 3. The van der Waals surface area contributed by atoms with E-state index in [1.54, 1.807) is 13.2 Å². The molecule has 0 radical (unpaired) electrons. The molecule has 1 saturated carbocycles. The minimum atomic E-state index is 0.568. The summed E-state index contributed by atoms with van der Waals surface area (Å²) in [7, 11) is 1.79. The largest absolute Gasteiger partial charge is 0.379 e. The average molecular weight is 262 g/mol. The van der Waals surface area contributed by atoms with Crippen molar-refractivity contribution in [1.29, 1.82) is 0 Å². The van der Waals surface area contributed by atoms with Gasteiger partial charge in [0.15, 0.2) is 5.65 Å². The molecule has 7 heteroatoms. The van der Waals surface area contributed by atoms with Crippen molar-refractivity contribution in [3.05, 3.63) is 6.20 Å². The minimum Gasteiger partial charge on any atom is -0.379 e. The van der Waals surface area contributed by atoms with Crippen LogP contribution in [0.5, 0.6) is 0 Å². The lowest BCUT2D eigenvalue weighted by Crippen LogP contribution is -2.12. The van der Waals surface area contributed by atoms with Gasteiger partial charge >= 0.3 is 0 Å². The third-order valence-electron chi connectivity index (χ3n) is 3.12. The zero-order valence-corrected chi connectivity index (χ0v) is 10.9. The number of nitrogens with zero attached hydrogens (tertiary/aromatic N) is 3. The molecule has 1 fully saturated rings. The van der Waals surface area contributed by atoms with Gasteiger partial charge in [-0.05, 0) is 18.8 Å². The fourth-order valence-corrected chi connectivity index (χ4v) is 1.86. The summed E-state index contributed by atoms with van der Waals surface area (Å²) in [5.74, 6) is 2.15. The summed E-state index contributed by atoms with van der Waals surface area (Å²) in [6.07, 6.45) is 4.36. The maximum atomic E-state index is 5.58. The number of aromatic nitrogens is 4. The maximum absolute atomic E-state index is 5.58. The summed E-state index contributed by atoms with van der Waals surface area (Å²) in [5, 5.41) is 13.9. The lowest BCUT2D eigenvalue weighted by molar-refractivity contribution is 0.134. The Kier molecular flexibility index (Phi) is 3.45. The summed E-state index contributed by atoms with van der Waals surface area (Å²) in [6, 6.07) is 0. The van der Waals surface area contributed by atoms with Crippen molar-refractivity contribution in [2.45, 2.75) is 12.8 Å². The lowest BCUT2D eigenvalue weighted by atomic mass is 10.4. The van der Waals surface area contributed by atoms with E-state index in [1.807, 2.05) is 0 Å². The van der Waals surface area contributed by atoms with E-state index in [0.29, 0.717) is 12.6 Å². The fraction of sp³-hybridized carbons (Fsp3) is 0.583. The Morgan fingerprint density at radius 1 is 1.42 bits per heavy atom. The van der Waals surface area contributed by atoms with Gasteiger partial charge in [0.2, 0.25) is 5.95 Å². The number of nitrogens with one attached hydrogen (secondary N) is 3. The van der Waals surface area contributed by atoms with Crippen molar-refractivity contribution in [1.82, 2.24) is 20.2 Å². The Morgan fingerprint density at radius 2 is 2.32 bits per heavy atom. The maximum Gasteiger partial charge on any atom is 0.226 e. The topological polar surface area (TPSA) is 87.8 Å². The molecular weight excluding hydrogens is 244 g/mol. The third kappa shape index (κ3) is 2.93. The highest BCUT2D eigenvalue weighted by molar-refractivity contribution is 5.86. The van der Waals surface area contributed by atoms with Crippen LogP contribution in [0.2, 0.25) is 0 Å². The predicted octanol–water partition coefficient (Wildman–Crippen LogP) is 1.23. The van der Waals surface area contributed by atoms with Crippen LogP contribution in [-0.4, -0.2) is 47.0 Å². The second-order valence-electron chi connectivity index (χ2n) is 4.72. The van der Waals surface area contributed by atoms with E-state index < -0.39 is 0 Å². The van der Waals surface area contributed by atoms with Crippen LogP contribution in [0.3, 0.4) is 0 Å². The second-order valence-corrected chi connectivity index (χ2v) is 4.72. The lowest BCUT2D eigenvalue weighted by Gasteiger charge is -2.08. The zero-order chi connectivity index (χ0) is 13.1. The smallest absolute Gasteiger partial charge is 0.226 e. The molecule has 2 aromatic rings. The van der Waals surface area contributed by atoms with Crippen LogP contribution in [0.25, 0.3) is 11.0 Å². The van der Waals surface area contributed by atoms with Crippen molar-refractivity contribution in [3.63, 3.8) is 0 Å². The van der Waals surface area contributed by atoms with Gasteiger partial charge in [-0.15, -0.1) is 0 Å². The minimum absolute atomic E-state index is 0.568. The van der Waals surface area contributed by atoms with Crippen molar-refractivity contribution in [2.75, 3.05) is 37.4 Å². The number of fused-ring (bicyclic) bond motifs is 1. The van der Waals surface area contributed by atoms with Crippen LogP contribution in [0.1, 0.15) is 12.8 Å². The summed E-state index contributed by atoms with van der Waals surface area (Å²) in [4.78, 5) is 8.67. The molecule has 3 rings (SSSR count). The molecule has 102 valence electrons. The van der Waals surface area contributed by atoms with Crippen LogP contribution in [0.4, 0.5) is 11.8 Å². The molecule has 0 spiro atoms. The molecule has 1 aliphatic rings. The van der Waals surface area contributed by atoms with Crippen molar-refractivity contribution in [2.24, 2.45) is 5.92 Å². The van der Waals surface area contributed by atoms with Crippen molar-refractivity contribution >= 4 is 22.8 Å². The zero-order valence-electron chi connectivity index (χ0n) is 10.9. The molecule has 2 heterocycles. The van der Waals surface area contributed by atoms with E-state index in [0.717, 1.165) is 35.9 Å². The first-order chi connectivity index (χ1) is 9.36. The second kappa shape index (κ2) is 5.40. The van der Waals surface area contributed by atoms with Gasteiger partial charge in [-0.25, -0.2) is 0 Å². The van der Waals surface area contributed by atoms with Crippen LogP contribution in [-0.2, 0) is 4.74 Å². The monoisotopic (exact) mass is 262 g/mol. The Morgan fingerprint density at radius 3 is 3.11 bits per heavy atom. The van der Waals surface area contributed by atoms with E-state index in [1.165, 1.54) is 12.8 Å². The van der Waals surface area contributed by atoms with Gasteiger partial charge in [-0.1, -0.05) is 0 Å². The van der Waals surface area contributed by atoms with Crippen LogP contribution in [0.15, 0.2) is 6.20 Å². The van der Waals surface area contributed by atoms with Gasteiger partial charge in [0.1, 0.15) is 5.82 Å². The highest BCUT2D eigenvalue weighted by Crippen LogP contribution is 2.28. The molecule has 2 aromatic heterocycles. The Balaban J connectivity index is 1.60. The standard InChI is InChI=1S/C12H18N6O/c1-13-12-16-10(9-6-15-18-11(9)17-12)14-4-5-19-7-8-2-3-8/h6,8H,2-5,7H2,1H3,(H3,13,14,15,16,17,18). The van der Waals surface area contributed by atoms with Gasteiger partial charge in [-0.3, -0.25) is 5.10 Å². The molecule has 0 amide bonds. The van der Waals surface area contributed by atoms with E-state index >= 15 is 0 Å². The van der Waals surface area contributed by atoms with Gasteiger partial charge in [0.05, 0.1) is 18.2 Å². The molecule has 0 aromatic carbocycles. The Labute approximate surface area is 111 Å². The number of anilines is 2. The Hall–Kier alpha value is -1.89. The van der Waals surface area contributed by atoms with Crippen LogP contribution in [0, 0.1) is 5.92 Å².